The van der Waals surface area contributed by atoms with E-state index in [1.807, 2.05) is 11.8 Å². The molecule has 2 aromatic rings. The van der Waals surface area contributed by atoms with E-state index in [-0.39, 0.29) is 5.44 Å². The molecule has 1 aliphatic heterocycles. The molecule has 0 bridgehead atoms. The van der Waals surface area contributed by atoms with Gasteiger partial charge in [-0.3, -0.25) is 0 Å². The molecule has 2 nitrogen and oxygen atoms in total. The normalized spacial score (nSPS) is 18.0. The number of rotatable bonds is 8. The number of hydrogen-bond acceptors (Lipinski definition) is 3. The van der Waals surface area contributed by atoms with E-state index in [1.54, 1.807) is 0 Å². The molecule has 24 heavy (non-hydrogen) atoms. The molecule has 128 valence electrons. The second kappa shape index (κ2) is 8.86. The van der Waals surface area contributed by atoms with E-state index in [1.165, 1.54) is 23.2 Å². The van der Waals surface area contributed by atoms with Crippen molar-refractivity contribution >= 4 is 30.5 Å². The Kier molecular flexibility index (Phi) is 6.55. The third kappa shape index (κ3) is 4.12. The van der Waals surface area contributed by atoms with Gasteiger partial charge in [-0.1, -0.05) is 80.4 Å². The summed E-state index contributed by atoms with van der Waals surface area (Å²) in [4.78, 5) is 0. The van der Waals surface area contributed by atoms with Crippen LogP contribution >= 0.6 is 11.8 Å². The number of benzene rings is 2. The minimum Gasteiger partial charge on any atom is -0.404 e. The van der Waals surface area contributed by atoms with Gasteiger partial charge in [-0.15, -0.1) is 11.8 Å². The lowest BCUT2D eigenvalue weighted by atomic mass is 10.4. The maximum absolute atomic E-state index is 6.78. The fraction of sp³-hybridized carbons (Fsp3) is 0.400. The Morgan fingerprint density at radius 2 is 1.67 bits per heavy atom. The van der Waals surface area contributed by atoms with Crippen molar-refractivity contribution in [1.82, 2.24) is 0 Å². The standard InChI is InChI=1S/C20H26O2SSi/c1-2-3-16-24(18-10-6-4-7-11-18,19-12-8-5-9-13-19)22-17-20-21-14-15-23-20/h4-13,20H,2-3,14-17H2,1H3. The second-order valence-electron chi connectivity index (χ2n) is 6.14. The maximum atomic E-state index is 6.78. The minimum absolute atomic E-state index is 0.186. The maximum Gasteiger partial charge on any atom is 0.255 e. The van der Waals surface area contributed by atoms with E-state index in [0.717, 1.165) is 18.4 Å². The van der Waals surface area contributed by atoms with Crippen LogP contribution in [-0.4, -0.2) is 32.7 Å². The third-order valence-corrected chi connectivity index (χ3v) is 9.81. The Labute approximate surface area is 150 Å². The molecule has 1 atom stereocenters. The molecule has 1 unspecified atom stereocenters. The summed E-state index contributed by atoms with van der Waals surface area (Å²) in [6.07, 6.45) is 2.38. The quantitative estimate of drug-likeness (QED) is 0.671. The minimum atomic E-state index is -2.23. The summed E-state index contributed by atoms with van der Waals surface area (Å²) in [5.74, 6) is 1.08. The van der Waals surface area contributed by atoms with Crippen molar-refractivity contribution in [3.05, 3.63) is 60.7 Å². The summed E-state index contributed by atoms with van der Waals surface area (Å²) in [6.45, 7) is 3.79. The molecule has 4 heteroatoms. The van der Waals surface area contributed by atoms with Gasteiger partial charge in [-0.05, 0) is 16.4 Å². The fourth-order valence-corrected chi connectivity index (χ4v) is 8.32. The average Bonchev–Trinajstić information content (AvgIpc) is 3.17. The van der Waals surface area contributed by atoms with Crippen LogP contribution in [0.5, 0.6) is 0 Å². The van der Waals surface area contributed by atoms with Gasteiger partial charge in [-0.2, -0.15) is 0 Å². The summed E-state index contributed by atoms with van der Waals surface area (Å²) >= 11 is 1.87. The monoisotopic (exact) mass is 358 g/mol. The van der Waals surface area contributed by atoms with Gasteiger partial charge in [0.15, 0.2) is 0 Å². The van der Waals surface area contributed by atoms with Gasteiger partial charge < -0.3 is 9.16 Å². The third-order valence-electron chi connectivity index (χ3n) is 4.52. The van der Waals surface area contributed by atoms with Crippen molar-refractivity contribution in [1.29, 1.82) is 0 Å². The van der Waals surface area contributed by atoms with Crippen molar-refractivity contribution in [2.24, 2.45) is 0 Å². The van der Waals surface area contributed by atoms with Gasteiger partial charge in [0.05, 0.1) is 13.2 Å². The highest BCUT2D eigenvalue weighted by atomic mass is 32.2. The van der Waals surface area contributed by atoms with Crippen molar-refractivity contribution in [3.8, 4) is 0 Å². The molecule has 0 aromatic heterocycles. The fourth-order valence-electron chi connectivity index (χ4n) is 3.25. The van der Waals surface area contributed by atoms with Crippen LogP contribution in [-0.2, 0) is 9.16 Å². The molecule has 1 aliphatic rings. The van der Waals surface area contributed by atoms with Crippen LogP contribution in [0.1, 0.15) is 19.8 Å². The molecule has 0 radical (unpaired) electrons. The molecule has 1 saturated heterocycles. The van der Waals surface area contributed by atoms with Crippen LogP contribution in [0.2, 0.25) is 6.04 Å². The highest BCUT2D eigenvalue weighted by Crippen LogP contribution is 2.23. The summed E-state index contributed by atoms with van der Waals surface area (Å²) in [5.41, 5.74) is 0.186. The van der Waals surface area contributed by atoms with E-state index in [2.05, 4.69) is 67.6 Å². The van der Waals surface area contributed by atoms with Gasteiger partial charge >= 0.3 is 0 Å². The molecular weight excluding hydrogens is 332 g/mol. The van der Waals surface area contributed by atoms with Crippen LogP contribution in [0.4, 0.5) is 0 Å². The predicted octanol–water partition coefficient (Wildman–Crippen LogP) is 3.65. The van der Waals surface area contributed by atoms with Gasteiger partial charge in [0.1, 0.15) is 5.44 Å². The molecule has 0 N–H and O–H groups in total. The van der Waals surface area contributed by atoms with Gasteiger partial charge in [0.25, 0.3) is 8.32 Å². The average molecular weight is 359 g/mol. The largest absolute Gasteiger partial charge is 0.404 e. The summed E-state index contributed by atoms with van der Waals surface area (Å²) in [5, 5.41) is 2.74. The van der Waals surface area contributed by atoms with Crippen molar-refractivity contribution < 1.29 is 9.16 Å². The molecule has 0 aliphatic carbocycles. The molecule has 3 rings (SSSR count). The van der Waals surface area contributed by atoms with E-state index >= 15 is 0 Å². The molecule has 0 amide bonds. The SMILES string of the molecule is CCCC[Si](OCC1OCCS1)(c1ccccc1)c1ccccc1. The topological polar surface area (TPSA) is 18.5 Å². The number of unbranched alkanes of at least 4 members (excludes halogenated alkanes) is 1. The van der Waals surface area contributed by atoms with Crippen LogP contribution in [0.3, 0.4) is 0 Å². The molecule has 1 fully saturated rings. The van der Waals surface area contributed by atoms with Crippen molar-refractivity contribution in [3.63, 3.8) is 0 Å². The zero-order valence-corrected chi connectivity index (χ0v) is 16.1. The molecular formula is C20H26O2SSi. The van der Waals surface area contributed by atoms with Crippen LogP contribution in [0.15, 0.2) is 60.7 Å². The van der Waals surface area contributed by atoms with Crippen LogP contribution in [0, 0.1) is 0 Å². The first-order valence-corrected chi connectivity index (χ1v) is 12.0. The zero-order chi connectivity index (χ0) is 16.7. The van der Waals surface area contributed by atoms with E-state index in [0.29, 0.717) is 6.61 Å². The highest BCUT2D eigenvalue weighted by Gasteiger charge is 2.39. The van der Waals surface area contributed by atoms with Gasteiger partial charge in [0.2, 0.25) is 0 Å². The lowest BCUT2D eigenvalue weighted by Crippen LogP contribution is -2.61. The first-order valence-electron chi connectivity index (χ1n) is 8.83. The zero-order valence-electron chi connectivity index (χ0n) is 14.3. The predicted molar refractivity (Wildman–Crippen MR) is 106 cm³/mol. The number of ether oxygens (including phenoxy) is 1. The molecule has 0 saturated carbocycles. The van der Waals surface area contributed by atoms with Crippen molar-refractivity contribution in [2.75, 3.05) is 19.0 Å². The van der Waals surface area contributed by atoms with E-state index in [4.69, 9.17) is 9.16 Å². The molecule has 0 spiro atoms. The van der Waals surface area contributed by atoms with Crippen LogP contribution < -0.4 is 10.4 Å². The summed E-state index contributed by atoms with van der Waals surface area (Å²) in [6, 6.07) is 22.8. The lowest BCUT2D eigenvalue weighted by Gasteiger charge is -2.33. The Bertz CT molecular complexity index is 560. The smallest absolute Gasteiger partial charge is 0.255 e. The van der Waals surface area contributed by atoms with Crippen molar-refractivity contribution in [2.45, 2.75) is 31.2 Å². The number of thioether (sulfide) groups is 1. The van der Waals surface area contributed by atoms with E-state index in [9.17, 15) is 0 Å². The first-order chi connectivity index (χ1) is 11.8. The molecule has 1 heterocycles. The Hall–Kier alpha value is -1.07. The lowest BCUT2D eigenvalue weighted by molar-refractivity contribution is 0.0988. The highest BCUT2D eigenvalue weighted by molar-refractivity contribution is 8.00. The second-order valence-corrected chi connectivity index (χ2v) is 11.0. The Morgan fingerprint density at radius 1 is 1.04 bits per heavy atom. The first kappa shape index (κ1) is 17.7. The van der Waals surface area contributed by atoms with Gasteiger partial charge in [0, 0.05) is 5.75 Å². The molecule has 2 aromatic carbocycles. The summed E-state index contributed by atoms with van der Waals surface area (Å²) in [7, 11) is -2.23. The number of hydrogen-bond donors (Lipinski definition) is 0. The Balaban J connectivity index is 1.95. The van der Waals surface area contributed by atoms with Gasteiger partial charge in [-0.25, -0.2) is 0 Å². The van der Waals surface area contributed by atoms with E-state index < -0.39 is 8.32 Å². The Morgan fingerprint density at radius 3 is 2.17 bits per heavy atom. The summed E-state index contributed by atoms with van der Waals surface area (Å²) < 4.78 is 12.6. The van der Waals surface area contributed by atoms with Crippen LogP contribution in [0.25, 0.3) is 0 Å².